The predicted molar refractivity (Wildman–Crippen MR) is 275 cm³/mol. The van der Waals surface area contributed by atoms with Crippen molar-refractivity contribution in [3.63, 3.8) is 0 Å². The smallest absolute Gasteiger partial charge is 0.145 e. The van der Waals surface area contributed by atoms with Gasteiger partial charge in [0.15, 0.2) is 0 Å². The fourth-order valence-electron chi connectivity index (χ4n) is 15.1. The van der Waals surface area contributed by atoms with Crippen LogP contribution in [0.2, 0.25) is 0 Å². The third kappa shape index (κ3) is 6.74. The number of nitrogens with one attached hydrogen (secondary N) is 1. The molecule has 13 rings (SSSR count). The maximum absolute atomic E-state index is 5.37. The van der Waals surface area contributed by atoms with Crippen LogP contribution in [0, 0.1) is 17.8 Å². The number of hydrogen-bond acceptors (Lipinski definition) is 2. The van der Waals surface area contributed by atoms with Crippen LogP contribution in [0.25, 0.3) is 11.3 Å². The third-order valence-electron chi connectivity index (χ3n) is 18.4. The van der Waals surface area contributed by atoms with Crippen molar-refractivity contribution in [1.82, 2.24) is 5.32 Å². The van der Waals surface area contributed by atoms with Gasteiger partial charge >= 0.3 is 0 Å². The van der Waals surface area contributed by atoms with Crippen molar-refractivity contribution in [1.29, 1.82) is 0 Å². The number of nitrogens with zero attached hydrogens (tertiary/aromatic N) is 1. The Morgan fingerprint density at radius 1 is 0.621 bits per heavy atom. The Morgan fingerprint density at radius 3 is 2.20 bits per heavy atom. The maximum atomic E-state index is 5.37. The number of hydrogen-bond donors (Lipinski definition) is 1. The Kier molecular flexibility index (Phi) is 10.3. The van der Waals surface area contributed by atoms with Gasteiger partial charge in [0.2, 0.25) is 0 Å². The van der Waals surface area contributed by atoms with Crippen molar-refractivity contribution in [2.24, 2.45) is 22.7 Å². The van der Waals surface area contributed by atoms with Crippen LogP contribution in [0.4, 0.5) is 0 Å². The molecule has 3 aromatic carbocycles. The lowest BCUT2D eigenvalue weighted by atomic mass is 9.62. The first kappa shape index (κ1) is 40.8. The highest BCUT2D eigenvalue weighted by Crippen LogP contribution is 2.65. The van der Waals surface area contributed by atoms with Gasteiger partial charge in [-0.3, -0.25) is 4.99 Å². The molecule has 66 heavy (non-hydrogen) atoms. The Bertz CT molecular complexity index is 2770. The van der Waals surface area contributed by atoms with Gasteiger partial charge in [-0.2, -0.15) is 0 Å². The Hall–Kier alpha value is -5.47. The number of aliphatic imine (C=N–C) groups is 1. The molecular formula is C64H66N2. The molecule has 1 heterocycles. The summed E-state index contributed by atoms with van der Waals surface area (Å²) in [6.45, 7) is 0. The van der Waals surface area contributed by atoms with E-state index in [1.807, 2.05) is 5.57 Å². The zero-order chi connectivity index (χ0) is 43.7. The first-order valence-electron chi connectivity index (χ1n) is 26.3. The first-order valence-corrected chi connectivity index (χ1v) is 26.3. The van der Waals surface area contributed by atoms with E-state index in [9.17, 15) is 0 Å². The number of benzene rings is 3. The van der Waals surface area contributed by atoms with E-state index in [1.54, 1.807) is 33.4 Å². The van der Waals surface area contributed by atoms with Crippen molar-refractivity contribution in [3.8, 4) is 0 Å². The topological polar surface area (TPSA) is 24.4 Å². The van der Waals surface area contributed by atoms with Crippen LogP contribution in [0.15, 0.2) is 179 Å². The molecule has 332 valence electrons. The van der Waals surface area contributed by atoms with Crippen molar-refractivity contribution in [2.75, 3.05) is 0 Å². The highest BCUT2D eigenvalue weighted by atomic mass is 15.1. The molecule has 2 heteroatoms. The van der Waals surface area contributed by atoms with E-state index in [2.05, 4.69) is 157 Å². The van der Waals surface area contributed by atoms with Gasteiger partial charge < -0.3 is 5.32 Å². The highest BCUT2D eigenvalue weighted by Gasteiger charge is 2.54. The normalized spacial score (nSPS) is 29.8. The van der Waals surface area contributed by atoms with E-state index < -0.39 is 0 Å². The summed E-state index contributed by atoms with van der Waals surface area (Å²) in [6, 6.07) is 25.6. The molecule has 6 atom stereocenters. The summed E-state index contributed by atoms with van der Waals surface area (Å²) in [7, 11) is 0. The molecule has 0 amide bonds. The van der Waals surface area contributed by atoms with E-state index in [4.69, 9.17) is 4.99 Å². The van der Waals surface area contributed by atoms with E-state index in [0.717, 1.165) is 42.5 Å². The molecule has 2 fully saturated rings. The van der Waals surface area contributed by atoms with Crippen molar-refractivity contribution in [3.05, 3.63) is 213 Å². The average molecular weight is 863 g/mol. The van der Waals surface area contributed by atoms with Gasteiger partial charge in [0.25, 0.3) is 0 Å². The molecule has 9 aliphatic carbocycles. The lowest BCUT2D eigenvalue weighted by Crippen LogP contribution is -2.35. The lowest BCUT2D eigenvalue weighted by Gasteiger charge is -2.42. The summed E-state index contributed by atoms with van der Waals surface area (Å²) >= 11 is 0. The second kappa shape index (κ2) is 16.7. The van der Waals surface area contributed by atoms with Crippen LogP contribution in [0.1, 0.15) is 166 Å². The summed E-state index contributed by atoms with van der Waals surface area (Å²) in [5.74, 6) is 2.62. The molecule has 2 spiro atoms. The van der Waals surface area contributed by atoms with Crippen LogP contribution in [0.3, 0.4) is 0 Å². The number of allylic oxidation sites excluding steroid dienone is 19. The largest absolute Gasteiger partial charge is 0.360 e. The van der Waals surface area contributed by atoms with Crippen LogP contribution >= 0.6 is 0 Å². The monoisotopic (exact) mass is 863 g/mol. The van der Waals surface area contributed by atoms with Gasteiger partial charge in [0.05, 0.1) is 0 Å². The third-order valence-corrected chi connectivity index (χ3v) is 18.4. The number of fused-ring (bicyclic) bond motifs is 9. The summed E-state index contributed by atoms with van der Waals surface area (Å²) in [5.41, 5.74) is 21.6. The Balaban J connectivity index is 0.765. The SMILES string of the molecule is C1=CCC(c2ccc(C3=CC(C4C=CC(C5C=CC(C6=CCCC7=C6c6cc8c(cc6C76CCCCC6)C6CC=CCC6C86CCCCC6)=CC5)=CC4)=NC(c4ccccc4)N3)cc2)C=C1. The van der Waals surface area contributed by atoms with Gasteiger partial charge in [-0.05, 0) is 161 Å². The van der Waals surface area contributed by atoms with Gasteiger partial charge in [0.1, 0.15) is 6.17 Å². The van der Waals surface area contributed by atoms with E-state index >= 15 is 0 Å². The van der Waals surface area contributed by atoms with Gasteiger partial charge in [-0.15, -0.1) is 0 Å². The van der Waals surface area contributed by atoms with E-state index in [-0.39, 0.29) is 17.5 Å². The number of rotatable bonds is 6. The molecule has 0 bridgehead atoms. The molecular weight excluding hydrogens is 797 g/mol. The Morgan fingerprint density at radius 2 is 1.42 bits per heavy atom. The second-order valence-electron chi connectivity index (χ2n) is 21.6. The quantitative estimate of drug-likeness (QED) is 0.245. The van der Waals surface area contributed by atoms with Crippen molar-refractivity contribution >= 4 is 17.0 Å². The summed E-state index contributed by atoms with van der Waals surface area (Å²) in [6.07, 6.45) is 55.8. The minimum Gasteiger partial charge on any atom is -0.360 e. The fourth-order valence-corrected chi connectivity index (χ4v) is 15.1. The molecule has 1 N–H and O–H groups in total. The Labute approximate surface area is 394 Å². The summed E-state index contributed by atoms with van der Waals surface area (Å²) < 4.78 is 0. The lowest BCUT2D eigenvalue weighted by molar-refractivity contribution is 0.185. The molecule has 1 aliphatic heterocycles. The highest BCUT2D eigenvalue weighted by molar-refractivity contribution is 6.04. The standard InChI is InChI=1S/C64H66N2/c1-5-16-43(17-6-1)44-26-32-48(33-27-44)59-42-60(66-62(65-59)50-18-7-2-8-19-50)49-34-28-46(29-35-49)45-24-30-47(31-25-45)51-21-15-23-56-61(51)54-41-57-53(40-58(54)64(56)38-13-4-14-39-64)52-20-9-10-22-55(52)63(57)36-11-3-12-37-63/h1-2,5-10,16,18-19,21,24,26-34,40-43,45,49,52,55,62,65H,3-4,11-15,17,20,22-23,25,35-39H2. The zero-order valence-corrected chi connectivity index (χ0v) is 38.9. The van der Waals surface area contributed by atoms with Crippen LogP contribution in [0.5, 0.6) is 0 Å². The maximum Gasteiger partial charge on any atom is 0.145 e. The van der Waals surface area contributed by atoms with Gasteiger partial charge in [-0.1, -0.05) is 184 Å². The average Bonchev–Trinajstić information content (AvgIpc) is 3.81. The molecule has 0 aromatic heterocycles. The second-order valence-corrected chi connectivity index (χ2v) is 21.6. The molecule has 2 saturated carbocycles. The predicted octanol–water partition coefficient (Wildman–Crippen LogP) is 16.0. The summed E-state index contributed by atoms with van der Waals surface area (Å²) in [5, 5.41) is 3.80. The molecule has 2 nitrogen and oxygen atoms in total. The zero-order valence-electron chi connectivity index (χ0n) is 38.9. The first-order chi connectivity index (χ1) is 32.6. The van der Waals surface area contributed by atoms with Crippen molar-refractivity contribution in [2.45, 2.75) is 138 Å². The van der Waals surface area contributed by atoms with Crippen LogP contribution in [-0.2, 0) is 10.8 Å². The minimum absolute atomic E-state index is 0.115. The molecule has 0 saturated heterocycles. The summed E-state index contributed by atoms with van der Waals surface area (Å²) in [4.78, 5) is 5.37. The fraction of sp³-hybridized carbons (Fsp3) is 0.391. The molecule has 6 unspecified atom stereocenters. The molecule has 0 radical (unpaired) electrons. The van der Waals surface area contributed by atoms with E-state index in [1.165, 1.54) is 118 Å². The van der Waals surface area contributed by atoms with Crippen LogP contribution < -0.4 is 5.32 Å². The molecule has 3 aromatic rings. The molecule has 10 aliphatic rings. The van der Waals surface area contributed by atoms with E-state index in [0.29, 0.717) is 17.3 Å². The van der Waals surface area contributed by atoms with Gasteiger partial charge in [0, 0.05) is 34.6 Å². The van der Waals surface area contributed by atoms with Gasteiger partial charge in [-0.25, -0.2) is 0 Å². The minimum atomic E-state index is -0.115. The van der Waals surface area contributed by atoms with Crippen molar-refractivity contribution < 1.29 is 0 Å². The van der Waals surface area contributed by atoms with Crippen LogP contribution in [-0.4, -0.2) is 5.71 Å².